The van der Waals surface area contributed by atoms with Gasteiger partial charge in [0.15, 0.2) is 0 Å². The summed E-state index contributed by atoms with van der Waals surface area (Å²) in [5.41, 5.74) is 3.93. The number of benzene rings is 3. The van der Waals surface area contributed by atoms with E-state index < -0.39 is 16.7 Å². The molecule has 35 heavy (non-hydrogen) atoms. The number of hydrogen-bond donors (Lipinski definition) is 1. The summed E-state index contributed by atoms with van der Waals surface area (Å²) in [5.74, 6) is -1.04. The summed E-state index contributed by atoms with van der Waals surface area (Å²) in [4.78, 5) is 39.9. The number of carbonyl (C=O) groups excluding carboxylic acids is 2. The second-order valence-corrected chi connectivity index (χ2v) is 8.62. The van der Waals surface area contributed by atoms with Crippen LogP contribution in [0.1, 0.15) is 36.6 Å². The predicted molar refractivity (Wildman–Crippen MR) is 137 cm³/mol. The Morgan fingerprint density at radius 1 is 1.03 bits per heavy atom. The van der Waals surface area contributed by atoms with E-state index in [1.165, 1.54) is 25.1 Å². The van der Waals surface area contributed by atoms with Crippen molar-refractivity contribution in [3.8, 4) is 0 Å². The first kappa shape index (κ1) is 23.8. The number of nitrogens with one attached hydrogen (secondary N) is 1. The number of nitro groups is 1. The van der Waals surface area contributed by atoms with Crippen LogP contribution in [0, 0.1) is 10.1 Å². The standard InChI is InChI=1S/C27H26N4O4/c1-17(29(3)4)19-10-12-21(13-11-19)28-26(20-8-6-5-7-9-20)25-23-15-14-22(31(34)35)16-24(23)30(18(2)32)27(25)33/h5-17,28H,1-4H3/b26-25-/t17-/m0/s1. The van der Waals surface area contributed by atoms with Gasteiger partial charge in [0.05, 0.1) is 21.9 Å². The van der Waals surface area contributed by atoms with Crippen molar-refractivity contribution in [2.45, 2.75) is 19.9 Å². The van der Waals surface area contributed by atoms with Crippen LogP contribution < -0.4 is 10.2 Å². The van der Waals surface area contributed by atoms with Gasteiger partial charge in [-0.2, -0.15) is 0 Å². The Labute approximate surface area is 203 Å². The molecular weight excluding hydrogens is 444 g/mol. The van der Waals surface area contributed by atoms with Crippen LogP contribution in [0.25, 0.3) is 11.3 Å². The largest absolute Gasteiger partial charge is 0.354 e. The van der Waals surface area contributed by atoms with Crippen LogP contribution in [0.4, 0.5) is 17.1 Å². The van der Waals surface area contributed by atoms with Crippen molar-refractivity contribution in [1.29, 1.82) is 0 Å². The van der Waals surface area contributed by atoms with E-state index in [-0.39, 0.29) is 23.0 Å². The molecule has 1 heterocycles. The summed E-state index contributed by atoms with van der Waals surface area (Å²) in [6, 6.07) is 21.6. The zero-order chi connectivity index (χ0) is 25.3. The van der Waals surface area contributed by atoms with Crippen molar-refractivity contribution in [2.24, 2.45) is 0 Å². The molecule has 1 aliphatic heterocycles. The summed E-state index contributed by atoms with van der Waals surface area (Å²) in [6.07, 6.45) is 0. The topological polar surface area (TPSA) is 95.8 Å². The van der Waals surface area contributed by atoms with Crippen LogP contribution in [0.3, 0.4) is 0 Å². The maximum Gasteiger partial charge on any atom is 0.271 e. The first-order valence-corrected chi connectivity index (χ1v) is 11.2. The van der Waals surface area contributed by atoms with Crippen molar-refractivity contribution in [3.05, 3.63) is 99.6 Å². The fourth-order valence-corrected chi connectivity index (χ4v) is 4.09. The number of hydrogen-bond acceptors (Lipinski definition) is 6. The maximum atomic E-state index is 13.5. The minimum atomic E-state index is -0.544. The lowest BCUT2D eigenvalue weighted by atomic mass is 9.99. The fraction of sp³-hybridized carbons (Fsp3) is 0.185. The molecule has 2 amide bonds. The van der Waals surface area contributed by atoms with E-state index in [4.69, 9.17) is 0 Å². The van der Waals surface area contributed by atoms with Gasteiger partial charge in [0.1, 0.15) is 0 Å². The highest BCUT2D eigenvalue weighted by Gasteiger charge is 2.38. The number of nitro benzene ring substituents is 1. The van der Waals surface area contributed by atoms with E-state index in [0.717, 1.165) is 21.7 Å². The summed E-state index contributed by atoms with van der Waals surface area (Å²) in [6.45, 7) is 3.38. The van der Waals surface area contributed by atoms with E-state index >= 15 is 0 Å². The van der Waals surface area contributed by atoms with E-state index in [0.29, 0.717) is 11.3 Å². The molecule has 8 heteroatoms. The van der Waals surface area contributed by atoms with Crippen molar-refractivity contribution >= 4 is 40.1 Å². The first-order valence-electron chi connectivity index (χ1n) is 11.2. The highest BCUT2D eigenvalue weighted by Crippen LogP contribution is 2.43. The van der Waals surface area contributed by atoms with Gasteiger partial charge in [0.2, 0.25) is 5.91 Å². The van der Waals surface area contributed by atoms with Crippen molar-refractivity contribution in [3.63, 3.8) is 0 Å². The second kappa shape index (κ2) is 9.52. The number of rotatable bonds is 6. The second-order valence-electron chi connectivity index (χ2n) is 8.62. The molecule has 0 aromatic heterocycles. The Kier molecular flexibility index (Phi) is 6.48. The molecule has 0 saturated heterocycles. The van der Waals surface area contributed by atoms with Crippen LogP contribution in [0.15, 0.2) is 72.8 Å². The lowest BCUT2D eigenvalue weighted by Gasteiger charge is -2.21. The summed E-state index contributed by atoms with van der Waals surface area (Å²) in [7, 11) is 4.03. The van der Waals surface area contributed by atoms with E-state index in [9.17, 15) is 19.7 Å². The van der Waals surface area contributed by atoms with Gasteiger partial charge in [0.25, 0.3) is 11.6 Å². The number of nitrogens with zero attached hydrogens (tertiary/aromatic N) is 3. The lowest BCUT2D eigenvalue weighted by Crippen LogP contribution is -2.31. The molecule has 0 bridgehead atoms. The number of imide groups is 1. The minimum Gasteiger partial charge on any atom is -0.354 e. The SMILES string of the molecule is CC(=O)N1C(=O)/C(=C(\Nc2ccc([C@H](C)N(C)C)cc2)c2ccccc2)c2ccc([N+](=O)[O-])cc21. The molecule has 0 aliphatic carbocycles. The Hall–Kier alpha value is -4.30. The molecule has 8 nitrogen and oxygen atoms in total. The number of non-ortho nitro benzene ring substituents is 1. The van der Waals surface area contributed by atoms with Gasteiger partial charge < -0.3 is 10.2 Å². The number of amides is 2. The zero-order valence-electron chi connectivity index (χ0n) is 20.0. The van der Waals surface area contributed by atoms with Gasteiger partial charge >= 0.3 is 0 Å². The highest BCUT2D eigenvalue weighted by atomic mass is 16.6. The van der Waals surface area contributed by atoms with Gasteiger partial charge in [-0.05, 0) is 50.3 Å². The van der Waals surface area contributed by atoms with Crippen LogP contribution in [0.5, 0.6) is 0 Å². The average Bonchev–Trinajstić information content (AvgIpc) is 3.13. The fourth-order valence-electron chi connectivity index (χ4n) is 4.09. The molecule has 0 spiro atoms. The van der Waals surface area contributed by atoms with Crippen molar-refractivity contribution in [1.82, 2.24) is 4.90 Å². The summed E-state index contributed by atoms with van der Waals surface area (Å²) < 4.78 is 0. The van der Waals surface area contributed by atoms with E-state index in [1.807, 2.05) is 68.7 Å². The number of anilines is 2. The third-order valence-corrected chi connectivity index (χ3v) is 6.18. The zero-order valence-corrected chi connectivity index (χ0v) is 20.0. The Bertz CT molecular complexity index is 1330. The molecule has 0 fully saturated rings. The van der Waals surface area contributed by atoms with Crippen LogP contribution >= 0.6 is 0 Å². The molecule has 3 aromatic rings. The maximum absolute atomic E-state index is 13.5. The van der Waals surface area contributed by atoms with E-state index in [2.05, 4.69) is 17.1 Å². The van der Waals surface area contributed by atoms with Crippen LogP contribution in [-0.4, -0.2) is 35.7 Å². The molecule has 1 atom stereocenters. The molecule has 0 unspecified atom stereocenters. The van der Waals surface area contributed by atoms with Crippen LogP contribution in [-0.2, 0) is 9.59 Å². The minimum absolute atomic E-state index is 0.191. The van der Waals surface area contributed by atoms with Gasteiger partial charge in [-0.1, -0.05) is 42.5 Å². The molecule has 1 N–H and O–H groups in total. The third-order valence-electron chi connectivity index (χ3n) is 6.18. The smallest absolute Gasteiger partial charge is 0.271 e. The third kappa shape index (κ3) is 4.56. The molecule has 4 rings (SSSR count). The van der Waals surface area contributed by atoms with E-state index in [1.54, 1.807) is 0 Å². The summed E-state index contributed by atoms with van der Waals surface area (Å²) in [5, 5.41) is 14.7. The first-order chi connectivity index (χ1) is 16.7. The predicted octanol–water partition coefficient (Wildman–Crippen LogP) is 5.09. The molecule has 1 aliphatic rings. The molecule has 178 valence electrons. The van der Waals surface area contributed by atoms with Gasteiger partial charge in [0, 0.05) is 36.3 Å². The quantitative estimate of drug-likeness (QED) is 0.306. The number of fused-ring (bicyclic) bond motifs is 1. The monoisotopic (exact) mass is 470 g/mol. The van der Waals surface area contributed by atoms with Gasteiger partial charge in [-0.15, -0.1) is 0 Å². The lowest BCUT2D eigenvalue weighted by molar-refractivity contribution is -0.384. The van der Waals surface area contributed by atoms with Crippen molar-refractivity contribution in [2.75, 3.05) is 24.3 Å². The summed E-state index contributed by atoms with van der Waals surface area (Å²) >= 11 is 0. The van der Waals surface area contributed by atoms with Crippen LogP contribution in [0.2, 0.25) is 0 Å². The molecule has 0 radical (unpaired) electrons. The molecule has 0 saturated carbocycles. The highest BCUT2D eigenvalue weighted by molar-refractivity contribution is 6.43. The Morgan fingerprint density at radius 3 is 2.26 bits per heavy atom. The van der Waals surface area contributed by atoms with Gasteiger partial charge in [-0.25, -0.2) is 4.90 Å². The average molecular weight is 471 g/mol. The number of carbonyl (C=O) groups is 2. The van der Waals surface area contributed by atoms with Crippen molar-refractivity contribution < 1.29 is 14.5 Å². The normalized spacial score (nSPS) is 15.1. The molecular formula is C27H26N4O4. The Morgan fingerprint density at radius 2 is 1.69 bits per heavy atom. The molecule has 3 aromatic carbocycles. The Balaban J connectivity index is 1.88. The van der Waals surface area contributed by atoms with Gasteiger partial charge in [-0.3, -0.25) is 19.7 Å².